The van der Waals surface area contributed by atoms with Crippen LogP contribution in [-0.4, -0.2) is 52.6 Å². The quantitative estimate of drug-likeness (QED) is 0.210. The largest absolute Gasteiger partial charge is 0.463 e. The molecule has 8 nitrogen and oxygen atoms in total. The zero-order valence-electron chi connectivity index (χ0n) is 9.00. The predicted molar refractivity (Wildman–Crippen MR) is 59.2 cm³/mol. The van der Waals surface area contributed by atoms with Crippen LogP contribution in [0.25, 0.3) is 10.4 Å². The van der Waals surface area contributed by atoms with Gasteiger partial charge in [0.05, 0.1) is 6.10 Å². The molecule has 1 aliphatic rings. The van der Waals surface area contributed by atoms with Crippen molar-refractivity contribution < 1.29 is 24.5 Å². The third kappa shape index (κ3) is 3.48. The topological polar surface area (TPSA) is 125 Å². The number of aliphatic hydroxyl groups is 2. The lowest BCUT2D eigenvalue weighted by Gasteiger charge is -2.38. The molecule has 0 aromatic heterocycles. The Balaban J connectivity index is 2.68. The van der Waals surface area contributed by atoms with Crippen LogP contribution >= 0.6 is 12.6 Å². The molecule has 0 spiro atoms. The molecule has 9 heteroatoms. The fraction of sp³-hybridized carbons (Fsp3) is 0.875. The molecule has 0 aliphatic carbocycles. The molecular weight excluding hydrogens is 250 g/mol. The van der Waals surface area contributed by atoms with Gasteiger partial charge in [-0.2, -0.15) is 0 Å². The third-order valence-electron chi connectivity index (χ3n) is 2.32. The molecule has 0 saturated carbocycles. The molecular formula is C8H13N3O5S. The van der Waals surface area contributed by atoms with Crippen LogP contribution < -0.4 is 0 Å². The molecule has 1 aliphatic heterocycles. The Labute approximate surface area is 103 Å². The van der Waals surface area contributed by atoms with Gasteiger partial charge in [0.25, 0.3) is 0 Å². The van der Waals surface area contributed by atoms with Crippen LogP contribution in [0.3, 0.4) is 0 Å². The molecule has 1 fully saturated rings. The van der Waals surface area contributed by atoms with E-state index < -0.39 is 35.8 Å². The van der Waals surface area contributed by atoms with E-state index in [4.69, 9.17) is 10.3 Å². The third-order valence-corrected chi connectivity index (χ3v) is 2.75. The highest BCUT2D eigenvalue weighted by molar-refractivity contribution is 7.80. The van der Waals surface area contributed by atoms with E-state index in [-0.39, 0.29) is 6.61 Å². The Morgan fingerprint density at radius 2 is 2.24 bits per heavy atom. The number of hydrogen-bond acceptors (Lipinski definition) is 7. The van der Waals surface area contributed by atoms with Gasteiger partial charge >= 0.3 is 5.97 Å². The van der Waals surface area contributed by atoms with Crippen molar-refractivity contribution in [2.24, 2.45) is 5.11 Å². The van der Waals surface area contributed by atoms with E-state index in [0.29, 0.717) is 0 Å². The molecule has 1 saturated heterocycles. The summed E-state index contributed by atoms with van der Waals surface area (Å²) in [5, 5.41) is 22.7. The highest BCUT2D eigenvalue weighted by atomic mass is 32.1. The number of carbonyl (C=O) groups excluding carboxylic acids is 1. The second kappa shape index (κ2) is 6.08. The number of thiol groups is 1. The Kier molecular flexibility index (Phi) is 5.03. The van der Waals surface area contributed by atoms with Crippen LogP contribution in [0, 0.1) is 0 Å². The Hall–Kier alpha value is -0.990. The molecule has 1 rings (SSSR count). The minimum Gasteiger partial charge on any atom is -0.463 e. The van der Waals surface area contributed by atoms with Gasteiger partial charge in [-0.1, -0.05) is 5.11 Å². The summed E-state index contributed by atoms with van der Waals surface area (Å²) in [7, 11) is 0. The fourth-order valence-electron chi connectivity index (χ4n) is 1.45. The predicted octanol–water partition coefficient (Wildman–Crippen LogP) is -0.395. The van der Waals surface area contributed by atoms with Crippen molar-refractivity contribution in [3.8, 4) is 0 Å². The van der Waals surface area contributed by atoms with Gasteiger partial charge < -0.3 is 19.7 Å². The summed E-state index contributed by atoms with van der Waals surface area (Å²) in [4.78, 5) is 13.1. The molecule has 96 valence electrons. The summed E-state index contributed by atoms with van der Waals surface area (Å²) < 4.78 is 9.87. The van der Waals surface area contributed by atoms with Crippen LogP contribution in [0.4, 0.5) is 0 Å². The van der Waals surface area contributed by atoms with Crippen LogP contribution in [0.1, 0.15) is 6.92 Å². The second-order valence-corrected chi connectivity index (χ2v) is 4.05. The molecule has 17 heavy (non-hydrogen) atoms. The highest BCUT2D eigenvalue weighted by Gasteiger charge is 2.43. The number of carbonyl (C=O) groups is 1. The molecule has 0 radical (unpaired) electrons. The summed E-state index contributed by atoms with van der Waals surface area (Å²) >= 11 is 4.00. The van der Waals surface area contributed by atoms with Crippen molar-refractivity contribution in [3.05, 3.63) is 10.4 Å². The average Bonchev–Trinajstić information content (AvgIpc) is 2.27. The molecule has 1 heterocycles. The Morgan fingerprint density at radius 1 is 1.59 bits per heavy atom. The minimum atomic E-state index is -1.32. The van der Waals surface area contributed by atoms with Gasteiger partial charge in [-0.15, -0.1) is 12.6 Å². The fourth-order valence-corrected chi connectivity index (χ4v) is 1.85. The van der Waals surface area contributed by atoms with Gasteiger partial charge in [-0.3, -0.25) is 4.79 Å². The van der Waals surface area contributed by atoms with E-state index in [2.05, 4.69) is 27.4 Å². The number of rotatable bonds is 3. The summed E-state index contributed by atoms with van der Waals surface area (Å²) in [5.74, 6) is -0.525. The van der Waals surface area contributed by atoms with Crippen LogP contribution in [0.15, 0.2) is 5.11 Å². The number of aliphatic hydroxyl groups excluding tert-OH is 2. The first kappa shape index (κ1) is 14.1. The first-order chi connectivity index (χ1) is 7.97. The van der Waals surface area contributed by atoms with Crippen LogP contribution in [0.5, 0.6) is 0 Å². The summed E-state index contributed by atoms with van der Waals surface area (Å²) in [6, 6.07) is -0.994. The van der Waals surface area contributed by atoms with Gasteiger partial charge in [0.1, 0.15) is 30.3 Å². The van der Waals surface area contributed by atoms with Crippen molar-refractivity contribution in [1.29, 1.82) is 0 Å². The SMILES string of the molecule is CC(=O)OCC1O[C@H](S)C(N=[N+]=[N-])[C@@H](O)[C@@H]1O. The summed E-state index contributed by atoms with van der Waals surface area (Å²) in [6.07, 6.45) is -3.53. The number of esters is 1. The number of hydrogen-bond donors (Lipinski definition) is 3. The smallest absolute Gasteiger partial charge is 0.302 e. The lowest BCUT2D eigenvalue weighted by Crippen LogP contribution is -2.56. The van der Waals surface area contributed by atoms with Gasteiger partial charge in [0, 0.05) is 11.8 Å². The maximum atomic E-state index is 10.6. The molecule has 0 bridgehead atoms. The molecule has 0 aromatic carbocycles. The lowest BCUT2D eigenvalue weighted by atomic mass is 9.99. The molecule has 2 unspecified atom stereocenters. The second-order valence-electron chi connectivity index (χ2n) is 3.54. The van der Waals surface area contributed by atoms with E-state index in [0.717, 1.165) is 0 Å². The van der Waals surface area contributed by atoms with Crippen molar-refractivity contribution in [1.82, 2.24) is 0 Å². The van der Waals surface area contributed by atoms with Crippen molar-refractivity contribution in [3.63, 3.8) is 0 Å². The number of nitrogens with zero attached hydrogens (tertiary/aromatic N) is 3. The Bertz CT molecular complexity index is 335. The first-order valence-electron chi connectivity index (χ1n) is 4.84. The lowest BCUT2D eigenvalue weighted by molar-refractivity contribution is -0.178. The zero-order valence-corrected chi connectivity index (χ0v) is 9.90. The number of ether oxygens (including phenoxy) is 2. The molecule has 2 N–H and O–H groups in total. The van der Waals surface area contributed by atoms with Crippen molar-refractivity contribution in [2.45, 2.75) is 36.7 Å². The maximum Gasteiger partial charge on any atom is 0.302 e. The van der Waals surface area contributed by atoms with E-state index in [9.17, 15) is 15.0 Å². The van der Waals surface area contributed by atoms with Crippen LogP contribution in [0.2, 0.25) is 0 Å². The minimum absolute atomic E-state index is 0.201. The summed E-state index contributed by atoms with van der Waals surface area (Å²) in [6.45, 7) is 1.01. The zero-order chi connectivity index (χ0) is 13.0. The van der Waals surface area contributed by atoms with Crippen LogP contribution in [-0.2, 0) is 14.3 Å². The van der Waals surface area contributed by atoms with Gasteiger partial charge in [0.15, 0.2) is 0 Å². The highest BCUT2D eigenvalue weighted by Crippen LogP contribution is 2.26. The average molecular weight is 263 g/mol. The normalized spacial score (nSPS) is 37.1. The maximum absolute atomic E-state index is 10.6. The molecule has 0 amide bonds. The monoisotopic (exact) mass is 263 g/mol. The van der Waals surface area contributed by atoms with E-state index in [1.54, 1.807) is 0 Å². The standard InChI is InChI=1S/C8H13N3O5S/c1-3(12)15-2-4-6(13)7(14)5(10-11-9)8(17)16-4/h4-8,13-14,17H,2H2,1H3/t4?,5?,6-,7-,8-/m1/s1. The van der Waals surface area contributed by atoms with E-state index in [1.165, 1.54) is 6.92 Å². The Morgan fingerprint density at radius 3 is 2.76 bits per heavy atom. The molecule has 0 aromatic rings. The van der Waals surface area contributed by atoms with Gasteiger partial charge in [-0.25, -0.2) is 0 Å². The van der Waals surface area contributed by atoms with E-state index >= 15 is 0 Å². The molecule has 5 atom stereocenters. The van der Waals surface area contributed by atoms with Crippen molar-refractivity contribution >= 4 is 18.6 Å². The van der Waals surface area contributed by atoms with Crippen molar-refractivity contribution in [2.75, 3.05) is 6.61 Å². The van der Waals surface area contributed by atoms with Gasteiger partial charge in [0.2, 0.25) is 0 Å². The van der Waals surface area contributed by atoms with E-state index in [1.807, 2.05) is 0 Å². The van der Waals surface area contributed by atoms with Gasteiger partial charge in [-0.05, 0) is 5.53 Å². The summed E-state index contributed by atoms with van der Waals surface area (Å²) in [5.41, 5.74) is 7.42. The first-order valence-corrected chi connectivity index (χ1v) is 5.36. The number of azide groups is 1.